The predicted molar refractivity (Wildman–Crippen MR) is 103 cm³/mol. The van der Waals surface area contributed by atoms with E-state index in [1.807, 2.05) is 7.05 Å². The van der Waals surface area contributed by atoms with Crippen molar-refractivity contribution in [2.45, 2.75) is 32.8 Å². The summed E-state index contributed by atoms with van der Waals surface area (Å²) in [7, 11) is 1.94. The third kappa shape index (κ3) is 12.6. The Hall–Kier alpha value is -1.76. The smallest absolute Gasteiger partial charge is 0.328 e. The van der Waals surface area contributed by atoms with Gasteiger partial charge in [0, 0.05) is 23.2 Å². The van der Waals surface area contributed by atoms with Crippen molar-refractivity contribution in [3.63, 3.8) is 0 Å². The molecule has 0 radical (unpaired) electrons. The summed E-state index contributed by atoms with van der Waals surface area (Å²) < 4.78 is 5.98. The van der Waals surface area contributed by atoms with Gasteiger partial charge in [-0.2, -0.15) is 0 Å². The zero-order valence-corrected chi connectivity index (χ0v) is 16.5. The molecule has 8 heteroatoms. The summed E-state index contributed by atoms with van der Waals surface area (Å²) in [6.07, 6.45) is 3.24. The number of aliphatic carboxylic acids is 2. The van der Waals surface area contributed by atoms with Gasteiger partial charge in [-0.3, -0.25) is 0 Å². The Bertz CT molecular complexity index is 589. The number of carboxylic acids is 2. The molecule has 1 aromatic carbocycles. The molecule has 26 heavy (non-hydrogen) atoms. The molecule has 0 aliphatic heterocycles. The van der Waals surface area contributed by atoms with Gasteiger partial charge in [-0.15, -0.1) is 0 Å². The van der Waals surface area contributed by atoms with Gasteiger partial charge < -0.3 is 20.3 Å². The van der Waals surface area contributed by atoms with Crippen molar-refractivity contribution in [2.75, 3.05) is 13.6 Å². The van der Waals surface area contributed by atoms with Crippen molar-refractivity contribution in [2.24, 2.45) is 5.92 Å². The summed E-state index contributed by atoms with van der Waals surface area (Å²) in [6, 6.07) is 5.31. The van der Waals surface area contributed by atoms with Crippen molar-refractivity contribution < 1.29 is 24.5 Å². The van der Waals surface area contributed by atoms with Crippen molar-refractivity contribution >= 4 is 35.1 Å². The third-order valence-electron chi connectivity index (χ3n) is 3.01. The average Bonchev–Trinajstić information content (AvgIpc) is 2.54. The second kappa shape index (κ2) is 13.4. The summed E-state index contributed by atoms with van der Waals surface area (Å²) in [5.41, 5.74) is 0. The molecule has 0 saturated carbocycles. The van der Waals surface area contributed by atoms with Crippen LogP contribution in [0.4, 0.5) is 0 Å². The molecule has 3 N–H and O–H groups in total. The van der Waals surface area contributed by atoms with Crippen LogP contribution in [0, 0.1) is 5.92 Å². The molecule has 1 unspecified atom stereocenters. The standard InChI is InChI=1S/C14H21Cl2NO.C4H4O4/c1-10(2)8-12(6-7-17-3)18-14-9-11(15)4-5-13(14)16;5-3(6)1-2-4(7)8/h4-5,9-10,12,17H,6-8H2,1-3H3;1-2H,(H,5,6)(H,7,8). The highest BCUT2D eigenvalue weighted by molar-refractivity contribution is 6.34. The lowest BCUT2D eigenvalue weighted by Gasteiger charge is -2.21. The largest absolute Gasteiger partial charge is 0.489 e. The molecule has 0 aliphatic rings. The van der Waals surface area contributed by atoms with Gasteiger partial charge in [0.15, 0.2) is 0 Å². The minimum absolute atomic E-state index is 0.161. The lowest BCUT2D eigenvalue weighted by atomic mass is 10.0. The van der Waals surface area contributed by atoms with E-state index in [1.54, 1.807) is 18.2 Å². The van der Waals surface area contributed by atoms with Crippen LogP contribution in [0.1, 0.15) is 26.7 Å². The van der Waals surface area contributed by atoms with E-state index in [-0.39, 0.29) is 6.10 Å². The molecule has 0 heterocycles. The predicted octanol–water partition coefficient (Wildman–Crippen LogP) is 4.11. The number of rotatable bonds is 9. The molecule has 0 spiro atoms. The molecule has 146 valence electrons. The first-order valence-corrected chi connectivity index (χ1v) is 8.81. The van der Waals surface area contributed by atoms with Crippen LogP contribution in [0.2, 0.25) is 10.0 Å². The van der Waals surface area contributed by atoms with Gasteiger partial charge in [-0.1, -0.05) is 37.0 Å². The number of ether oxygens (including phenoxy) is 1. The fourth-order valence-electron chi connectivity index (χ4n) is 1.95. The Labute approximate surface area is 163 Å². The van der Waals surface area contributed by atoms with Crippen LogP contribution in [0.3, 0.4) is 0 Å². The summed E-state index contributed by atoms with van der Waals surface area (Å²) in [5, 5.41) is 20.0. The van der Waals surface area contributed by atoms with E-state index in [9.17, 15) is 9.59 Å². The van der Waals surface area contributed by atoms with Crippen molar-refractivity contribution in [1.82, 2.24) is 5.32 Å². The van der Waals surface area contributed by atoms with Crippen LogP contribution in [-0.2, 0) is 9.59 Å². The van der Waals surface area contributed by atoms with E-state index in [0.717, 1.165) is 19.4 Å². The highest BCUT2D eigenvalue weighted by Gasteiger charge is 2.14. The molecule has 0 aromatic heterocycles. The Balaban J connectivity index is 0.000000660. The Kier molecular flexibility index (Phi) is 12.5. The summed E-state index contributed by atoms with van der Waals surface area (Å²) in [6.45, 7) is 5.31. The number of halogens is 2. The highest BCUT2D eigenvalue weighted by atomic mass is 35.5. The van der Waals surface area contributed by atoms with Gasteiger partial charge >= 0.3 is 11.9 Å². The molecule has 6 nitrogen and oxygen atoms in total. The number of benzene rings is 1. The zero-order chi connectivity index (χ0) is 20.1. The van der Waals surface area contributed by atoms with Crippen LogP contribution >= 0.6 is 23.2 Å². The van der Waals surface area contributed by atoms with E-state index < -0.39 is 11.9 Å². The van der Waals surface area contributed by atoms with Gasteiger partial charge in [0.25, 0.3) is 0 Å². The lowest BCUT2D eigenvalue weighted by molar-refractivity contribution is -0.134. The maximum absolute atomic E-state index is 9.55. The Morgan fingerprint density at radius 1 is 1.19 bits per heavy atom. The number of hydrogen-bond acceptors (Lipinski definition) is 4. The molecule has 1 atom stereocenters. The molecule has 0 bridgehead atoms. The van der Waals surface area contributed by atoms with E-state index >= 15 is 0 Å². The van der Waals surface area contributed by atoms with Crippen LogP contribution < -0.4 is 10.1 Å². The minimum Gasteiger partial charge on any atom is -0.489 e. The normalized spacial score (nSPS) is 11.8. The second-order valence-corrected chi connectivity index (χ2v) is 6.69. The maximum Gasteiger partial charge on any atom is 0.328 e. The highest BCUT2D eigenvalue weighted by Crippen LogP contribution is 2.29. The van der Waals surface area contributed by atoms with E-state index in [0.29, 0.717) is 33.9 Å². The monoisotopic (exact) mass is 405 g/mol. The molecule has 1 rings (SSSR count). The van der Waals surface area contributed by atoms with Crippen molar-refractivity contribution in [3.05, 3.63) is 40.4 Å². The number of carboxylic acid groups (broad SMARTS) is 2. The average molecular weight is 406 g/mol. The first-order chi connectivity index (χ1) is 12.1. The molecule has 0 saturated heterocycles. The van der Waals surface area contributed by atoms with Crippen molar-refractivity contribution in [3.8, 4) is 5.75 Å². The fourth-order valence-corrected chi connectivity index (χ4v) is 2.27. The minimum atomic E-state index is -1.26. The number of carbonyl (C=O) groups is 2. The third-order valence-corrected chi connectivity index (χ3v) is 3.55. The van der Waals surface area contributed by atoms with Gasteiger partial charge in [-0.25, -0.2) is 9.59 Å². The molecular formula is C18H25Cl2NO5. The first kappa shape index (κ1) is 24.2. The molecule has 0 amide bonds. The van der Waals surface area contributed by atoms with E-state index in [2.05, 4.69) is 19.2 Å². The summed E-state index contributed by atoms with van der Waals surface area (Å²) in [4.78, 5) is 19.1. The van der Waals surface area contributed by atoms with Crippen LogP contribution in [0.5, 0.6) is 5.75 Å². The summed E-state index contributed by atoms with van der Waals surface area (Å²) >= 11 is 12.1. The molecular weight excluding hydrogens is 381 g/mol. The van der Waals surface area contributed by atoms with Gasteiger partial charge in [0.2, 0.25) is 0 Å². The van der Waals surface area contributed by atoms with Crippen LogP contribution in [0.25, 0.3) is 0 Å². The van der Waals surface area contributed by atoms with Crippen LogP contribution in [-0.4, -0.2) is 41.8 Å². The maximum atomic E-state index is 9.55. The molecule has 0 fully saturated rings. The lowest BCUT2D eigenvalue weighted by Crippen LogP contribution is -2.24. The quantitative estimate of drug-likeness (QED) is 0.535. The Morgan fingerprint density at radius 2 is 1.77 bits per heavy atom. The summed E-state index contributed by atoms with van der Waals surface area (Å²) in [5.74, 6) is -1.25. The van der Waals surface area contributed by atoms with Gasteiger partial charge in [0.1, 0.15) is 11.9 Å². The Morgan fingerprint density at radius 3 is 2.23 bits per heavy atom. The first-order valence-electron chi connectivity index (χ1n) is 8.05. The van der Waals surface area contributed by atoms with Crippen LogP contribution in [0.15, 0.2) is 30.4 Å². The van der Waals surface area contributed by atoms with Crippen molar-refractivity contribution in [1.29, 1.82) is 0 Å². The van der Waals surface area contributed by atoms with E-state index in [1.165, 1.54) is 0 Å². The topological polar surface area (TPSA) is 95.9 Å². The van der Waals surface area contributed by atoms with Gasteiger partial charge in [-0.05, 0) is 44.5 Å². The zero-order valence-electron chi connectivity index (χ0n) is 15.0. The molecule has 0 aliphatic carbocycles. The number of hydrogen-bond donors (Lipinski definition) is 3. The van der Waals surface area contributed by atoms with Gasteiger partial charge in [0.05, 0.1) is 5.02 Å². The fraction of sp³-hybridized carbons (Fsp3) is 0.444. The second-order valence-electron chi connectivity index (χ2n) is 5.85. The van der Waals surface area contributed by atoms with E-state index in [4.69, 9.17) is 38.2 Å². The SMILES string of the molecule is CNCCC(CC(C)C)Oc1cc(Cl)ccc1Cl.O=C(O)C=CC(=O)O. The molecule has 1 aromatic rings. The number of nitrogens with one attached hydrogen (secondary N) is 1.